The number of fused-ring (bicyclic) bond motifs is 1. The number of aryl methyl sites for hydroxylation is 1. The van der Waals surface area contributed by atoms with Crippen molar-refractivity contribution >= 4 is 50.2 Å². The predicted molar refractivity (Wildman–Crippen MR) is 163 cm³/mol. The number of carbonyl (C=O) groups excluding carboxylic acids is 1. The summed E-state index contributed by atoms with van der Waals surface area (Å²) < 4.78 is 2.72. The lowest BCUT2D eigenvalue weighted by atomic mass is 10.0. The second-order valence-corrected chi connectivity index (χ2v) is 11.8. The zero-order valence-electron chi connectivity index (χ0n) is 23.0. The van der Waals surface area contributed by atoms with E-state index in [1.165, 1.54) is 11.3 Å². The molecule has 1 aromatic carbocycles. The topological polar surface area (TPSA) is 85.7 Å². The smallest absolute Gasteiger partial charge is 0.274 e. The van der Waals surface area contributed by atoms with Crippen LogP contribution < -0.4 is 26.0 Å². The summed E-state index contributed by atoms with van der Waals surface area (Å²) in [5.74, 6) is 0.612. The van der Waals surface area contributed by atoms with Gasteiger partial charge in [-0.1, -0.05) is 18.2 Å². The molecule has 40 heavy (non-hydrogen) atoms. The van der Waals surface area contributed by atoms with E-state index in [2.05, 4.69) is 43.4 Å². The number of hydrogen-bond donors (Lipinski definition) is 2. The Kier molecular flexibility index (Phi) is 7.44. The van der Waals surface area contributed by atoms with E-state index in [1.54, 1.807) is 11.6 Å². The van der Waals surface area contributed by atoms with E-state index in [0.717, 1.165) is 71.9 Å². The number of hydrogen-bond acceptors (Lipinski definition) is 8. The van der Waals surface area contributed by atoms with Gasteiger partial charge in [-0.3, -0.25) is 9.59 Å². The predicted octanol–water partition coefficient (Wildman–Crippen LogP) is 3.89. The minimum Gasteiger partial charge on any atom is -0.368 e. The number of likely N-dealkylation sites (N-methyl/N-ethyl adjacent to an activating group) is 1. The van der Waals surface area contributed by atoms with Gasteiger partial charge in [0.2, 0.25) is 0 Å². The molecular formula is C30H35N7O2S. The van der Waals surface area contributed by atoms with Crippen LogP contribution in [0, 0.1) is 0 Å². The molecule has 0 bridgehead atoms. The monoisotopic (exact) mass is 557 g/mol. The van der Waals surface area contributed by atoms with Gasteiger partial charge in [0.05, 0.1) is 22.4 Å². The van der Waals surface area contributed by atoms with Crippen LogP contribution in [-0.4, -0.2) is 72.7 Å². The van der Waals surface area contributed by atoms with Gasteiger partial charge in [0.1, 0.15) is 11.5 Å². The minimum atomic E-state index is -0.111. The third-order valence-electron chi connectivity index (χ3n) is 7.82. The number of benzene rings is 1. The third kappa shape index (κ3) is 5.68. The summed E-state index contributed by atoms with van der Waals surface area (Å²) in [5, 5.41) is 7.58. The van der Waals surface area contributed by atoms with E-state index in [0.29, 0.717) is 18.1 Å². The molecule has 10 heteroatoms. The largest absolute Gasteiger partial charge is 0.368 e. The summed E-state index contributed by atoms with van der Waals surface area (Å²) in [7, 11) is 3.91. The van der Waals surface area contributed by atoms with E-state index >= 15 is 0 Å². The molecule has 208 valence electrons. The minimum absolute atomic E-state index is 0.0260. The molecule has 0 spiro atoms. The van der Waals surface area contributed by atoms with E-state index in [9.17, 15) is 9.59 Å². The molecule has 0 unspecified atom stereocenters. The molecule has 1 atom stereocenters. The maximum atomic E-state index is 13.0. The summed E-state index contributed by atoms with van der Waals surface area (Å²) >= 11 is 1.52. The van der Waals surface area contributed by atoms with Crippen LogP contribution >= 0.6 is 11.3 Å². The lowest BCUT2D eigenvalue weighted by molar-refractivity contribution is 0.0937. The van der Waals surface area contributed by atoms with Crippen LogP contribution in [0.25, 0.3) is 10.1 Å². The number of carbonyl (C=O) groups is 1. The van der Waals surface area contributed by atoms with Gasteiger partial charge in [0.15, 0.2) is 0 Å². The van der Waals surface area contributed by atoms with Crippen molar-refractivity contribution in [1.29, 1.82) is 0 Å². The molecule has 0 radical (unpaired) electrons. The molecule has 1 amide bonds. The van der Waals surface area contributed by atoms with Crippen molar-refractivity contribution in [3.63, 3.8) is 0 Å². The van der Waals surface area contributed by atoms with Crippen LogP contribution in [0.2, 0.25) is 0 Å². The Morgan fingerprint density at radius 2 is 1.80 bits per heavy atom. The fourth-order valence-corrected chi connectivity index (χ4v) is 6.45. The summed E-state index contributed by atoms with van der Waals surface area (Å²) in [4.78, 5) is 38.2. The lowest BCUT2D eigenvalue weighted by Gasteiger charge is -2.35. The van der Waals surface area contributed by atoms with Gasteiger partial charge in [-0.25, -0.2) is 4.98 Å². The standard InChI is InChI=1S/C30H35N7O2S/c1-34-12-14-36(15-13-34)23-9-10-28(31-18-23)33-25-17-24(20-35(2)30(25)39)37-11-5-7-22(19-37)32-29(38)27-16-21-6-3-4-8-26(21)40-27/h3-4,6,8-10,16-18,20,22H,5,7,11-15,19H2,1-2H3,(H,31,33)(H,32,38)/t22-/m1/s1. The summed E-state index contributed by atoms with van der Waals surface area (Å²) in [6.45, 7) is 5.59. The highest BCUT2D eigenvalue weighted by Crippen LogP contribution is 2.27. The first-order valence-corrected chi connectivity index (χ1v) is 14.7. The number of aromatic nitrogens is 2. The van der Waals surface area contributed by atoms with Crippen LogP contribution in [0.1, 0.15) is 22.5 Å². The fraction of sp³-hybridized carbons (Fsp3) is 0.367. The Hall–Kier alpha value is -3.89. The van der Waals surface area contributed by atoms with Crippen molar-refractivity contribution < 1.29 is 4.79 Å². The Balaban J connectivity index is 1.13. The van der Waals surface area contributed by atoms with Crippen LogP contribution in [0.5, 0.6) is 0 Å². The highest BCUT2D eigenvalue weighted by atomic mass is 32.1. The van der Waals surface area contributed by atoms with Gasteiger partial charge >= 0.3 is 0 Å². The van der Waals surface area contributed by atoms with Crippen molar-refractivity contribution in [3.05, 3.63) is 76.2 Å². The number of pyridine rings is 2. The second kappa shape index (κ2) is 11.3. The van der Waals surface area contributed by atoms with Crippen molar-refractivity contribution in [1.82, 2.24) is 19.8 Å². The zero-order valence-corrected chi connectivity index (χ0v) is 23.8. The SMILES string of the molecule is CN1CCN(c2ccc(Nc3cc(N4CCC[C@@H](NC(=O)c5cc6ccccc6s5)C4)cn(C)c3=O)nc2)CC1. The Morgan fingerprint density at radius 1 is 0.975 bits per heavy atom. The average molecular weight is 558 g/mol. The lowest BCUT2D eigenvalue weighted by Crippen LogP contribution is -2.48. The van der Waals surface area contributed by atoms with Crippen molar-refractivity contribution in [2.24, 2.45) is 7.05 Å². The number of nitrogens with zero attached hydrogens (tertiary/aromatic N) is 5. The number of thiophene rings is 1. The molecule has 2 saturated heterocycles. The number of amides is 1. The first-order valence-electron chi connectivity index (χ1n) is 13.8. The number of piperidine rings is 1. The summed E-state index contributed by atoms with van der Waals surface area (Å²) in [5.41, 5.74) is 2.41. The highest BCUT2D eigenvalue weighted by molar-refractivity contribution is 7.20. The Morgan fingerprint density at radius 3 is 2.58 bits per heavy atom. The average Bonchev–Trinajstić information content (AvgIpc) is 3.41. The summed E-state index contributed by atoms with van der Waals surface area (Å²) in [6.07, 6.45) is 5.62. The Bertz CT molecular complexity index is 1520. The van der Waals surface area contributed by atoms with Crippen LogP contribution in [-0.2, 0) is 7.05 Å². The molecule has 2 aliphatic rings. The van der Waals surface area contributed by atoms with Crippen LogP contribution in [0.4, 0.5) is 22.9 Å². The molecule has 2 fully saturated rings. The fourth-order valence-electron chi connectivity index (χ4n) is 5.49. The van der Waals surface area contributed by atoms with E-state index in [1.807, 2.05) is 54.9 Å². The number of nitrogens with one attached hydrogen (secondary N) is 2. The van der Waals surface area contributed by atoms with Crippen LogP contribution in [0.15, 0.2) is 65.7 Å². The molecule has 4 aromatic rings. The molecule has 3 aromatic heterocycles. The van der Waals surface area contributed by atoms with E-state index in [4.69, 9.17) is 0 Å². The van der Waals surface area contributed by atoms with Gasteiger partial charge in [0.25, 0.3) is 11.5 Å². The highest BCUT2D eigenvalue weighted by Gasteiger charge is 2.24. The number of piperazine rings is 1. The van der Waals surface area contributed by atoms with Gasteiger partial charge in [-0.15, -0.1) is 11.3 Å². The second-order valence-electron chi connectivity index (χ2n) is 10.8. The van der Waals surface area contributed by atoms with Crippen LogP contribution in [0.3, 0.4) is 0 Å². The molecular weight excluding hydrogens is 522 g/mol. The molecule has 0 aliphatic carbocycles. The molecule has 9 nitrogen and oxygen atoms in total. The molecule has 5 heterocycles. The summed E-state index contributed by atoms with van der Waals surface area (Å²) in [6, 6.07) is 15.9. The quantitative estimate of drug-likeness (QED) is 0.372. The normalized spacial score (nSPS) is 18.2. The van der Waals surface area contributed by atoms with E-state index < -0.39 is 0 Å². The number of anilines is 4. The van der Waals surface area contributed by atoms with Gasteiger partial charge in [-0.2, -0.15) is 0 Å². The molecule has 0 saturated carbocycles. The van der Waals surface area contributed by atoms with Gasteiger partial charge in [-0.05, 0) is 55.6 Å². The molecule has 2 aliphatic heterocycles. The van der Waals surface area contributed by atoms with Crippen molar-refractivity contribution in [2.45, 2.75) is 18.9 Å². The van der Waals surface area contributed by atoms with Gasteiger partial charge < -0.3 is 29.9 Å². The maximum absolute atomic E-state index is 13.0. The van der Waals surface area contributed by atoms with Crippen molar-refractivity contribution in [2.75, 3.05) is 61.4 Å². The maximum Gasteiger partial charge on any atom is 0.274 e. The number of rotatable bonds is 6. The van der Waals surface area contributed by atoms with E-state index in [-0.39, 0.29) is 17.5 Å². The van der Waals surface area contributed by atoms with Gasteiger partial charge in [0, 0.05) is 63.3 Å². The third-order valence-corrected chi connectivity index (χ3v) is 8.93. The Labute approximate surface area is 238 Å². The molecule has 6 rings (SSSR count). The molecule has 2 N–H and O–H groups in total. The first-order chi connectivity index (χ1) is 19.4. The first kappa shape index (κ1) is 26.3. The zero-order chi connectivity index (χ0) is 27.6. The van der Waals surface area contributed by atoms with Crippen molar-refractivity contribution in [3.8, 4) is 0 Å².